The van der Waals surface area contributed by atoms with Crippen LogP contribution < -0.4 is 0 Å². The fourth-order valence-electron chi connectivity index (χ4n) is 2.57. The molecule has 0 saturated heterocycles. The van der Waals surface area contributed by atoms with Crippen LogP contribution in [0.5, 0.6) is 0 Å². The number of aliphatic hydroxyl groups is 1. The Kier molecular flexibility index (Phi) is 4.76. The lowest BCUT2D eigenvalue weighted by Crippen LogP contribution is -1.92. The number of hydrogen-bond acceptors (Lipinski definition) is 2. The van der Waals surface area contributed by atoms with E-state index in [-0.39, 0.29) is 11.5 Å². The third-order valence-corrected chi connectivity index (χ3v) is 4.27. The Balaban J connectivity index is 0.000000106. The van der Waals surface area contributed by atoms with Crippen LogP contribution in [-0.2, 0) is 4.79 Å². The molecule has 0 aromatic heterocycles. The summed E-state index contributed by atoms with van der Waals surface area (Å²) in [5.41, 5.74) is 6.30. The average molecular weight is 316 g/mol. The Labute approximate surface area is 142 Å². The van der Waals surface area contributed by atoms with Crippen LogP contribution in [0, 0.1) is 0 Å². The summed E-state index contributed by atoms with van der Waals surface area (Å²) in [6, 6.07) is 16.7. The van der Waals surface area contributed by atoms with E-state index in [0.717, 1.165) is 12.0 Å². The van der Waals surface area contributed by atoms with Crippen molar-refractivity contribution in [2.24, 2.45) is 0 Å². The standard InChI is InChI=1S/2C8H6.C6H8O2/c2*1-2-4-8-6-5-7(8)3-1;1-4-2-3-5(7)6(4)8/h2*1-6H;8H,2-3H2,1H3. The van der Waals surface area contributed by atoms with Crippen molar-refractivity contribution < 1.29 is 9.90 Å². The number of aliphatic hydroxyl groups excluding tert-OH is 1. The van der Waals surface area contributed by atoms with Crippen molar-refractivity contribution in [1.29, 1.82) is 0 Å². The zero-order valence-electron chi connectivity index (χ0n) is 13.7. The molecule has 3 aliphatic rings. The molecule has 2 aromatic rings. The van der Waals surface area contributed by atoms with Crippen LogP contribution in [0.3, 0.4) is 0 Å². The van der Waals surface area contributed by atoms with E-state index in [4.69, 9.17) is 5.11 Å². The van der Waals surface area contributed by atoms with Crippen LogP contribution in [0.1, 0.15) is 42.0 Å². The third kappa shape index (κ3) is 3.54. The summed E-state index contributed by atoms with van der Waals surface area (Å²) in [5, 5.41) is 8.80. The number of carbonyl (C=O) groups excluding carboxylic acids is 1. The average Bonchev–Trinajstić information content (AvgIpc) is 2.83. The van der Waals surface area contributed by atoms with Crippen molar-refractivity contribution >= 4 is 30.1 Å². The summed E-state index contributed by atoms with van der Waals surface area (Å²) in [7, 11) is 0. The minimum Gasteiger partial charge on any atom is -0.504 e. The highest BCUT2D eigenvalue weighted by atomic mass is 16.3. The predicted octanol–water partition coefficient (Wildman–Crippen LogP) is 5.52. The smallest absolute Gasteiger partial charge is 0.197 e. The number of allylic oxidation sites excluding steroid dienone is 2. The molecule has 5 rings (SSSR count). The van der Waals surface area contributed by atoms with Crippen LogP contribution in [0.2, 0.25) is 0 Å². The molecule has 2 nitrogen and oxygen atoms in total. The molecule has 24 heavy (non-hydrogen) atoms. The zero-order chi connectivity index (χ0) is 16.9. The summed E-state index contributed by atoms with van der Waals surface area (Å²) >= 11 is 0. The van der Waals surface area contributed by atoms with Crippen molar-refractivity contribution in [3.63, 3.8) is 0 Å². The van der Waals surface area contributed by atoms with Gasteiger partial charge in [0.1, 0.15) is 0 Å². The van der Waals surface area contributed by atoms with Crippen LogP contribution in [0.4, 0.5) is 0 Å². The van der Waals surface area contributed by atoms with Crippen molar-refractivity contribution in [1.82, 2.24) is 0 Å². The Bertz CT molecular complexity index is 750. The molecule has 120 valence electrons. The van der Waals surface area contributed by atoms with Gasteiger partial charge in [-0.25, -0.2) is 0 Å². The van der Waals surface area contributed by atoms with Gasteiger partial charge in [0.25, 0.3) is 0 Å². The van der Waals surface area contributed by atoms with Gasteiger partial charge in [-0.15, -0.1) is 0 Å². The molecule has 0 unspecified atom stereocenters. The van der Waals surface area contributed by atoms with Crippen molar-refractivity contribution in [2.45, 2.75) is 19.8 Å². The second-order valence-corrected chi connectivity index (χ2v) is 5.98. The number of Topliss-reactive ketones (excluding diaryl/α,β-unsaturated/α-hetero) is 1. The minimum atomic E-state index is -0.109. The Morgan fingerprint density at radius 2 is 1.08 bits per heavy atom. The topological polar surface area (TPSA) is 37.3 Å². The maximum absolute atomic E-state index is 10.5. The number of benzene rings is 2. The van der Waals surface area contributed by atoms with E-state index in [1.54, 1.807) is 6.92 Å². The molecule has 0 spiro atoms. The molecule has 0 heterocycles. The SMILES string of the molecule is C1=Cc2ccccc21.C1=Cc2ccccc21.CC1=C(O)C(=O)CC1. The highest BCUT2D eigenvalue weighted by Crippen LogP contribution is 2.22. The molecule has 0 saturated carbocycles. The van der Waals surface area contributed by atoms with E-state index in [1.165, 1.54) is 22.3 Å². The van der Waals surface area contributed by atoms with Gasteiger partial charge in [0.15, 0.2) is 11.5 Å². The Morgan fingerprint density at radius 1 is 0.708 bits per heavy atom. The zero-order valence-corrected chi connectivity index (χ0v) is 13.7. The largest absolute Gasteiger partial charge is 0.504 e. The van der Waals surface area contributed by atoms with E-state index in [2.05, 4.69) is 72.8 Å². The Hall–Kier alpha value is -2.87. The summed E-state index contributed by atoms with van der Waals surface area (Å²) in [5.74, 6) is -0.118. The molecule has 0 atom stereocenters. The Morgan fingerprint density at radius 3 is 1.21 bits per heavy atom. The van der Waals surface area contributed by atoms with Gasteiger partial charge >= 0.3 is 0 Å². The number of hydrogen-bond donors (Lipinski definition) is 1. The van der Waals surface area contributed by atoms with Gasteiger partial charge in [-0.05, 0) is 41.2 Å². The van der Waals surface area contributed by atoms with Crippen molar-refractivity contribution in [2.75, 3.05) is 0 Å². The molecule has 0 bridgehead atoms. The van der Waals surface area contributed by atoms with Gasteiger partial charge in [-0.1, -0.05) is 72.8 Å². The number of carbonyl (C=O) groups is 1. The second kappa shape index (κ2) is 7.14. The second-order valence-electron chi connectivity index (χ2n) is 5.98. The first-order valence-electron chi connectivity index (χ1n) is 8.11. The number of fused-ring (bicyclic) bond motifs is 2. The maximum Gasteiger partial charge on any atom is 0.197 e. The first-order valence-corrected chi connectivity index (χ1v) is 8.11. The van der Waals surface area contributed by atoms with Gasteiger partial charge in [-0.3, -0.25) is 4.79 Å². The molecule has 0 radical (unpaired) electrons. The summed E-state index contributed by atoms with van der Waals surface area (Å²) in [4.78, 5) is 10.5. The lowest BCUT2D eigenvalue weighted by Gasteiger charge is -2.06. The van der Waals surface area contributed by atoms with Crippen LogP contribution in [0.25, 0.3) is 24.3 Å². The fourth-order valence-corrected chi connectivity index (χ4v) is 2.57. The molecular formula is C22H20O2. The van der Waals surface area contributed by atoms with Gasteiger partial charge in [0, 0.05) is 6.42 Å². The lowest BCUT2D eigenvalue weighted by molar-refractivity contribution is -0.117. The highest BCUT2D eigenvalue weighted by molar-refractivity contribution is 5.96. The minimum absolute atomic E-state index is 0.00926. The quantitative estimate of drug-likeness (QED) is 0.463. The summed E-state index contributed by atoms with van der Waals surface area (Å²) in [6.45, 7) is 1.78. The number of ketones is 1. The molecule has 1 N–H and O–H groups in total. The van der Waals surface area contributed by atoms with E-state index in [9.17, 15) is 4.79 Å². The molecule has 3 aliphatic carbocycles. The molecule has 2 heteroatoms. The summed E-state index contributed by atoms with van der Waals surface area (Å²) < 4.78 is 0. The van der Waals surface area contributed by atoms with Gasteiger partial charge in [0.2, 0.25) is 0 Å². The van der Waals surface area contributed by atoms with Gasteiger partial charge in [0.05, 0.1) is 0 Å². The molecule has 0 aliphatic heterocycles. The monoisotopic (exact) mass is 316 g/mol. The number of rotatable bonds is 0. The fraction of sp³-hybridized carbons (Fsp3) is 0.136. The summed E-state index contributed by atoms with van der Waals surface area (Å²) in [6.07, 6.45) is 9.72. The maximum atomic E-state index is 10.5. The first kappa shape index (κ1) is 16.0. The van der Waals surface area contributed by atoms with E-state index >= 15 is 0 Å². The van der Waals surface area contributed by atoms with E-state index in [0.29, 0.717) is 6.42 Å². The van der Waals surface area contributed by atoms with Crippen LogP contribution in [-0.4, -0.2) is 10.9 Å². The van der Waals surface area contributed by atoms with Gasteiger partial charge in [-0.2, -0.15) is 0 Å². The molecular weight excluding hydrogens is 296 g/mol. The van der Waals surface area contributed by atoms with E-state index < -0.39 is 0 Å². The van der Waals surface area contributed by atoms with Crippen LogP contribution in [0.15, 0.2) is 59.9 Å². The van der Waals surface area contributed by atoms with Crippen LogP contribution >= 0.6 is 0 Å². The van der Waals surface area contributed by atoms with Gasteiger partial charge < -0.3 is 5.11 Å². The molecule has 2 aromatic carbocycles. The predicted molar refractivity (Wildman–Crippen MR) is 100 cm³/mol. The lowest BCUT2D eigenvalue weighted by atomic mass is 9.99. The van der Waals surface area contributed by atoms with E-state index in [1.807, 2.05) is 0 Å². The van der Waals surface area contributed by atoms with Crippen molar-refractivity contribution in [3.8, 4) is 0 Å². The molecule has 0 amide bonds. The first-order chi connectivity index (χ1) is 11.6. The normalized spacial score (nSPS) is 15.1. The molecule has 0 fully saturated rings. The third-order valence-electron chi connectivity index (χ3n) is 4.27. The highest BCUT2D eigenvalue weighted by Gasteiger charge is 2.17. The van der Waals surface area contributed by atoms with Crippen molar-refractivity contribution in [3.05, 3.63) is 82.1 Å².